The summed E-state index contributed by atoms with van der Waals surface area (Å²) in [4.78, 5) is 6.96. The molecule has 142 valence electrons. The van der Waals surface area contributed by atoms with Crippen LogP contribution in [0.4, 0.5) is 10.2 Å². The summed E-state index contributed by atoms with van der Waals surface area (Å²) >= 11 is 0. The standard InChI is InChI=1S/C20H24FN5O/c21-16-6-4-15(5-7-16)18-13-20(26-19(24-18)8-9-23-26)22-10-12-25-11-2-1-3-17(25)14-27/h4-9,13,17,22,27H,1-3,10-12,14H2. The number of anilines is 1. The van der Waals surface area contributed by atoms with Gasteiger partial charge in [-0.15, -0.1) is 0 Å². The van der Waals surface area contributed by atoms with E-state index in [2.05, 4.69) is 20.3 Å². The van der Waals surface area contributed by atoms with Gasteiger partial charge in [-0.1, -0.05) is 6.42 Å². The molecule has 0 bridgehead atoms. The summed E-state index contributed by atoms with van der Waals surface area (Å²) < 4.78 is 15.0. The maximum atomic E-state index is 13.2. The van der Waals surface area contributed by atoms with Gasteiger partial charge < -0.3 is 10.4 Å². The van der Waals surface area contributed by atoms with Gasteiger partial charge in [-0.05, 0) is 43.7 Å². The average Bonchev–Trinajstić information content (AvgIpc) is 3.18. The van der Waals surface area contributed by atoms with Crippen molar-refractivity contribution in [2.75, 3.05) is 31.6 Å². The molecule has 1 fully saturated rings. The predicted molar refractivity (Wildman–Crippen MR) is 103 cm³/mol. The highest BCUT2D eigenvalue weighted by molar-refractivity contribution is 5.66. The number of likely N-dealkylation sites (tertiary alicyclic amines) is 1. The van der Waals surface area contributed by atoms with E-state index in [1.54, 1.807) is 22.8 Å². The first-order valence-electron chi connectivity index (χ1n) is 9.44. The molecular formula is C20H24FN5O. The number of aliphatic hydroxyl groups is 1. The Labute approximate surface area is 157 Å². The van der Waals surface area contributed by atoms with Crippen LogP contribution in [-0.4, -0.2) is 56.9 Å². The van der Waals surface area contributed by atoms with Gasteiger partial charge in [0.2, 0.25) is 0 Å². The molecule has 0 radical (unpaired) electrons. The van der Waals surface area contributed by atoms with E-state index in [4.69, 9.17) is 0 Å². The van der Waals surface area contributed by atoms with Gasteiger partial charge in [0.05, 0.1) is 18.5 Å². The van der Waals surface area contributed by atoms with Crippen molar-refractivity contribution < 1.29 is 9.50 Å². The number of nitrogens with zero attached hydrogens (tertiary/aromatic N) is 4. The van der Waals surface area contributed by atoms with E-state index in [1.807, 2.05) is 12.1 Å². The summed E-state index contributed by atoms with van der Waals surface area (Å²) in [5, 5.41) is 17.4. The number of nitrogens with one attached hydrogen (secondary N) is 1. The van der Waals surface area contributed by atoms with Gasteiger partial charge in [0.25, 0.3) is 0 Å². The van der Waals surface area contributed by atoms with Crippen LogP contribution < -0.4 is 5.32 Å². The minimum absolute atomic E-state index is 0.216. The molecule has 3 aromatic rings. The smallest absolute Gasteiger partial charge is 0.157 e. The zero-order valence-electron chi connectivity index (χ0n) is 15.2. The van der Waals surface area contributed by atoms with Crippen molar-refractivity contribution in [1.29, 1.82) is 0 Å². The molecule has 27 heavy (non-hydrogen) atoms. The number of aliphatic hydroxyl groups excluding tert-OH is 1. The summed E-state index contributed by atoms with van der Waals surface area (Å²) in [6.45, 7) is 2.86. The van der Waals surface area contributed by atoms with Gasteiger partial charge in [0.1, 0.15) is 11.6 Å². The number of benzene rings is 1. The molecule has 7 heteroatoms. The second kappa shape index (κ2) is 8.02. The van der Waals surface area contributed by atoms with Crippen molar-refractivity contribution in [2.24, 2.45) is 0 Å². The number of fused-ring (bicyclic) bond motifs is 1. The molecule has 0 spiro atoms. The van der Waals surface area contributed by atoms with Crippen molar-refractivity contribution in [3.63, 3.8) is 0 Å². The summed E-state index contributed by atoms with van der Waals surface area (Å²) in [5.74, 6) is 0.587. The molecule has 0 amide bonds. The first kappa shape index (κ1) is 17.9. The van der Waals surface area contributed by atoms with Crippen LogP contribution >= 0.6 is 0 Å². The van der Waals surface area contributed by atoms with Gasteiger partial charge in [-0.2, -0.15) is 9.61 Å². The van der Waals surface area contributed by atoms with Crippen LogP contribution in [0.3, 0.4) is 0 Å². The maximum absolute atomic E-state index is 13.2. The minimum atomic E-state index is -0.262. The normalized spacial score (nSPS) is 18.1. The lowest BCUT2D eigenvalue weighted by Crippen LogP contribution is -2.44. The van der Waals surface area contributed by atoms with Gasteiger partial charge in [0, 0.05) is 36.8 Å². The Morgan fingerprint density at radius 3 is 2.85 bits per heavy atom. The fraction of sp³-hybridized carbons (Fsp3) is 0.400. The summed E-state index contributed by atoms with van der Waals surface area (Å²) in [7, 11) is 0. The Hall–Kier alpha value is -2.51. The quantitative estimate of drug-likeness (QED) is 0.699. The molecule has 1 saturated heterocycles. The second-order valence-electron chi connectivity index (χ2n) is 6.93. The summed E-state index contributed by atoms with van der Waals surface area (Å²) in [6.07, 6.45) is 5.15. The number of piperidine rings is 1. The van der Waals surface area contributed by atoms with Gasteiger partial charge in [-0.3, -0.25) is 4.90 Å². The lowest BCUT2D eigenvalue weighted by Gasteiger charge is -2.34. The first-order valence-corrected chi connectivity index (χ1v) is 9.44. The summed E-state index contributed by atoms with van der Waals surface area (Å²) in [5.41, 5.74) is 2.38. The van der Waals surface area contributed by atoms with E-state index in [1.165, 1.54) is 25.0 Å². The zero-order chi connectivity index (χ0) is 18.6. The van der Waals surface area contributed by atoms with Crippen LogP contribution in [0.1, 0.15) is 19.3 Å². The number of hydrogen-bond donors (Lipinski definition) is 2. The van der Waals surface area contributed by atoms with E-state index in [-0.39, 0.29) is 18.5 Å². The molecule has 0 aliphatic carbocycles. The molecule has 1 aliphatic heterocycles. The van der Waals surface area contributed by atoms with E-state index in [9.17, 15) is 9.50 Å². The van der Waals surface area contributed by atoms with Gasteiger partial charge in [-0.25, -0.2) is 9.37 Å². The molecule has 0 saturated carbocycles. The monoisotopic (exact) mass is 369 g/mol. The molecule has 1 unspecified atom stereocenters. The fourth-order valence-corrected chi connectivity index (χ4v) is 3.70. The van der Waals surface area contributed by atoms with E-state index in [0.29, 0.717) is 0 Å². The SMILES string of the molecule is OCC1CCCCN1CCNc1cc(-c2ccc(F)cc2)nc2ccnn12. The fourth-order valence-electron chi connectivity index (χ4n) is 3.70. The molecular weight excluding hydrogens is 345 g/mol. The largest absolute Gasteiger partial charge is 0.395 e. The Morgan fingerprint density at radius 1 is 1.19 bits per heavy atom. The van der Waals surface area contributed by atoms with Crippen LogP contribution in [0.25, 0.3) is 16.9 Å². The van der Waals surface area contributed by atoms with Crippen LogP contribution in [0.5, 0.6) is 0 Å². The van der Waals surface area contributed by atoms with E-state index < -0.39 is 0 Å². The van der Waals surface area contributed by atoms with Crippen molar-refractivity contribution in [3.05, 3.63) is 48.4 Å². The lowest BCUT2D eigenvalue weighted by atomic mass is 10.0. The average molecular weight is 369 g/mol. The van der Waals surface area contributed by atoms with Crippen LogP contribution in [-0.2, 0) is 0 Å². The van der Waals surface area contributed by atoms with Crippen LogP contribution in [0.2, 0.25) is 0 Å². The number of halogens is 1. The third-order valence-electron chi connectivity index (χ3n) is 5.16. The topological polar surface area (TPSA) is 65.7 Å². The number of aromatic nitrogens is 3. The Morgan fingerprint density at radius 2 is 2.04 bits per heavy atom. The number of hydrogen-bond acceptors (Lipinski definition) is 5. The Bertz CT molecular complexity index is 895. The predicted octanol–water partition coefficient (Wildman–Crippen LogP) is 2.79. The van der Waals surface area contributed by atoms with Crippen molar-refractivity contribution in [3.8, 4) is 11.3 Å². The highest BCUT2D eigenvalue weighted by Crippen LogP contribution is 2.22. The zero-order valence-corrected chi connectivity index (χ0v) is 15.2. The van der Waals surface area contributed by atoms with Gasteiger partial charge >= 0.3 is 0 Å². The highest BCUT2D eigenvalue weighted by atomic mass is 19.1. The Balaban J connectivity index is 1.52. The summed E-state index contributed by atoms with van der Waals surface area (Å²) in [6, 6.07) is 10.4. The molecule has 3 heterocycles. The van der Waals surface area contributed by atoms with Crippen molar-refractivity contribution >= 4 is 11.5 Å². The molecule has 4 rings (SSSR count). The molecule has 6 nitrogen and oxygen atoms in total. The lowest BCUT2D eigenvalue weighted by molar-refractivity contribution is 0.0940. The molecule has 2 aromatic heterocycles. The van der Waals surface area contributed by atoms with Crippen molar-refractivity contribution in [1.82, 2.24) is 19.5 Å². The third-order valence-corrected chi connectivity index (χ3v) is 5.16. The number of rotatable bonds is 6. The van der Waals surface area contributed by atoms with Crippen LogP contribution in [0.15, 0.2) is 42.6 Å². The molecule has 2 N–H and O–H groups in total. The van der Waals surface area contributed by atoms with E-state index in [0.717, 1.165) is 48.8 Å². The third kappa shape index (κ3) is 3.94. The molecule has 1 aliphatic rings. The maximum Gasteiger partial charge on any atom is 0.157 e. The second-order valence-corrected chi connectivity index (χ2v) is 6.93. The first-order chi connectivity index (χ1) is 13.2. The minimum Gasteiger partial charge on any atom is -0.395 e. The van der Waals surface area contributed by atoms with Crippen molar-refractivity contribution in [2.45, 2.75) is 25.3 Å². The van der Waals surface area contributed by atoms with Gasteiger partial charge in [0.15, 0.2) is 5.65 Å². The molecule has 1 atom stereocenters. The molecule has 1 aromatic carbocycles. The highest BCUT2D eigenvalue weighted by Gasteiger charge is 2.21. The Kier molecular flexibility index (Phi) is 5.31. The van der Waals surface area contributed by atoms with E-state index >= 15 is 0 Å². The van der Waals surface area contributed by atoms with Crippen LogP contribution in [0, 0.1) is 5.82 Å².